The van der Waals surface area contributed by atoms with Crippen molar-refractivity contribution >= 4 is 0 Å². The summed E-state index contributed by atoms with van der Waals surface area (Å²) in [4.78, 5) is 0. The van der Waals surface area contributed by atoms with Gasteiger partial charge < -0.3 is 14.2 Å². The van der Waals surface area contributed by atoms with Gasteiger partial charge in [0.25, 0.3) is 0 Å². The summed E-state index contributed by atoms with van der Waals surface area (Å²) in [6.45, 7) is 1.17. The van der Waals surface area contributed by atoms with E-state index in [2.05, 4.69) is 6.07 Å². The van der Waals surface area contributed by atoms with Crippen LogP contribution in [0.1, 0.15) is 18.4 Å². The predicted molar refractivity (Wildman–Crippen MR) is 69.3 cm³/mol. The Labute approximate surface area is 112 Å². The van der Waals surface area contributed by atoms with Crippen molar-refractivity contribution in [3.63, 3.8) is 0 Å². The second kappa shape index (κ2) is 4.14. The van der Waals surface area contributed by atoms with E-state index in [9.17, 15) is 5.26 Å². The molecule has 1 aromatic rings. The van der Waals surface area contributed by atoms with Crippen LogP contribution in [0, 0.1) is 16.7 Å². The zero-order valence-electron chi connectivity index (χ0n) is 11.2. The van der Waals surface area contributed by atoms with Crippen molar-refractivity contribution in [2.45, 2.75) is 18.3 Å². The minimum Gasteiger partial charge on any atom is -0.497 e. The summed E-state index contributed by atoms with van der Waals surface area (Å²) in [7, 11) is 3.30. The molecule has 0 atom stereocenters. The largest absolute Gasteiger partial charge is 0.497 e. The second-order valence-electron chi connectivity index (χ2n) is 5.34. The maximum Gasteiger partial charge on any atom is 0.123 e. The molecule has 100 valence electrons. The molecular weight excluding hydrogens is 242 g/mol. The molecule has 1 heterocycles. The van der Waals surface area contributed by atoms with Crippen molar-refractivity contribution in [2.75, 3.05) is 27.4 Å². The van der Waals surface area contributed by atoms with Gasteiger partial charge in [0.1, 0.15) is 11.5 Å². The fourth-order valence-electron chi connectivity index (χ4n) is 3.01. The molecule has 1 saturated carbocycles. The molecule has 1 saturated heterocycles. The summed E-state index contributed by atoms with van der Waals surface area (Å²) in [5.74, 6) is 1.60. The van der Waals surface area contributed by atoms with Gasteiger partial charge in [-0.2, -0.15) is 5.26 Å². The van der Waals surface area contributed by atoms with Crippen LogP contribution in [0.15, 0.2) is 18.2 Å². The highest BCUT2D eigenvalue weighted by Gasteiger charge is 2.65. The summed E-state index contributed by atoms with van der Waals surface area (Å²) in [5, 5.41) is 9.53. The van der Waals surface area contributed by atoms with Crippen LogP contribution in [0.4, 0.5) is 0 Å². The van der Waals surface area contributed by atoms with Gasteiger partial charge in [-0.15, -0.1) is 0 Å². The average Bonchev–Trinajstić information content (AvgIpc) is 3.18. The molecule has 1 aliphatic heterocycles. The molecule has 0 bridgehead atoms. The normalized spacial score (nSPS) is 21.9. The first-order chi connectivity index (χ1) is 9.21. The molecule has 0 aromatic heterocycles. The monoisotopic (exact) mass is 259 g/mol. The van der Waals surface area contributed by atoms with Crippen molar-refractivity contribution in [3.8, 4) is 17.6 Å². The van der Waals surface area contributed by atoms with Gasteiger partial charge in [0, 0.05) is 5.56 Å². The Morgan fingerprint density at radius 3 is 2.37 bits per heavy atom. The zero-order valence-corrected chi connectivity index (χ0v) is 11.2. The van der Waals surface area contributed by atoms with Gasteiger partial charge in [-0.3, -0.25) is 0 Å². The molecule has 0 N–H and O–H groups in total. The van der Waals surface area contributed by atoms with Crippen LogP contribution in [0.25, 0.3) is 0 Å². The van der Waals surface area contributed by atoms with Crippen molar-refractivity contribution in [2.24, 2.45) is 5.41 Å². The van der Waals surface area contributed by atoms with Crippen molar-refractivity contribution in [1.29, 1.82) is 5.26 Å². The molecule has 2 fully saturated rings. The Balaban J connectivity index is 2.12. The van der Waals surface area contributed by atoms with Crippen molar-refractivity contribution in [1.82, 2.24) is 0 Å². The van der Waals surface area contributed by atoms with Crippen molar-refractivity contribution < 1.29 is 14.2 Å². The van der Waals surface area contributed by atoms with Crippen LogP contribution in [0.5, 0.6) is 11.5 Å². The lowest BCUT2D eigenvalue weighted by Gasteiger charge is -2.46. The third kappa shape index (κ3) is 1.55. The van der Waals surface area contributed by atoms with Gasteiger partial charge in [-0.05, 0) is 31.0 Å². The molecule has 4 heteroatoms. The second-order valence-corrected chi connectivity index (χ2v) is 5.34. The predicted octanol–water partition coefficient (Wildman–Crippen LogP) is 2.28. The number of hydrogen-bond donors (Lipinski definition) is 0. The van der Waals surface area contributed by atoms with E-state index >= 15 is 0 Å². The summed E-state index contributed by atoms with van der Waals surface area (Å²) in [6, 6.07) is 8.27. The number of benzene rings is 1. The summed E-state index contributed by atoms with van der Waals surface area (Å²) in [5.41, 5.74) is 0.520. The van der Waals surface area contributed by atoms with Crippen molar-refractivity contribution in [3.05, 3.63) is 23.8 Å². The smallest absolute Gasteiger partial charge is 0.123 e. The molecule has 3 rings (SSSR count). The third-order valence-electron chi connectivity index (χ3n) is 4.50. The van der Waals surface area contributed by atoms with Crippen LogP contribution in [0.3, 0.4) is 0 Å². The topological polar surface area (TPSA) is 51.5 Å². The molecule has 0 radical (unpaired) electrons. The minimum atomic E-state index is -0.287. The molecule has 4 nitrogen and oxygen atoms in total. The van der Waals surface area contributed by atoms with Crippen LogP contribution >= 0.6 is 0 Å². The first kappa shape index (κ1) is 12.3. The van der Waals surface area contributed by atoms with Gasteiger partial charge in [0.05, 0.1) is 44.3 Å². The van der Waals surface area contributed by atoms with E-state index < -0.39 is 0 Å². The SMILES string of the molecule is COc1ccc(OC)c(C2(C3(C#N)CC3)COC2)c1. The molecule has 1 aliphatic carbocycles. The molecule has 2 aliphatic rings. The zero-order chi connectivity index (χ0) is 13.5. The van der Waals surface area contributed by atoms with E-state index in [-0.39, 0.29) is 10.8 Å². The van der Waals surface area contributed by atoms with Gasteiger partial charge in [-0.25, -0.2) is 0 Å². The molecule has 1 aromatic carbocycles. The van der Waals surface area contributed by atoms with E-state index in [1.165, 1.54) is 0 Å². The van der Waals surface area contributed by atoms with E-state index in [0.717, 1.165) is 29.9 Å². The van der Waals surface area contributed by atoms with E-state index in [1.54, 1.807) is 14.2 Å². The standard InChI is InChI=1S/C15H17NO3/c1-17-11-3-4-13(18-2)12(7-11)15(9-19-10-15)14(8-16)5-6-14/h3-4,7H,5-6,9-10H2,1-2H3. The Hall–Kier alpha value is -1.73. The Bertz CT molecular complexity index is 539. The van der Waals surface area contributed by atoms with E-state index in [4.69, 9.17) is 14.2 Å². The van der Waals surface area contributed by atoms with Crippen LogP contribution in [-0.4, -0.2) is 27.4 Å². The maximum absolute atomic E-state index is 9.53. The quantitative estimate of drug-likeness (QED) is 0.832. The Morgan fingerprint density at radius 1 is 1.21 bits per heavy atom. The van der Waals surface area contributed by atoms with E-state index in [1.807, 2.05) is 18.2 Å². The minimum absolute atomic E-state index is 0.234. The Morgan fingerprint density at radius 2 is 1.95 bits per heavy atom. The summed E-state index contributed by atoms with van der Waals surface area (Å²) < 4.78 is 16.2. The Kier molecular flexibility index (Phi) is 2.68. The van der Waals surface area contributed by atoms with Crippen LogP contribution in [-0.2, 0) is 10.2 Å². The number of nitrogens with zero attached hydrogens (tertiary/aromatic N) is 1. The molecule has 0 spiro atoms. The fraction of sp³-hybridized carbons (Fsp3) is 0.533. The highest BCUT2D eigenvalue weighted by molar-refractivity contribution is 5.50. The van der Waals surface area contributed by atoms with E-state index in [0.29, 0.717) is 13.2 Å². The highest BCUT2D eigenvalue weighted by Crippen LogP contribution is 2.63. The molecule has 0 unspecified atom stereocenters. The molecule has 0 amide bonds. The first-order valence-corrected chi connectivity index (χ1v) is 6.43. The van der Waals surface area contributed by atoms with Crippen LogP contribution < -0.4 is 9.47 Å². The number of nitriles is 1. The summed E-state index contributed by atoms with van der Waals surface area (Å²) >= 11 is 0. The van der Waals surface area contributed by atoms with Gasteiger partial charge in [0.15, 0.2) is 0 Å². The van der Waals surface area contributed by atoms with Gasteiger partial charge >= 0.3 is 0 Å². The molecular formula is C15H17NO3. The maximum atomic E-state index is 9.53. The fourth-order valence-corrected chi connectivity index (χ4v) is 3.01. The first-order valence-electron chi connectivity index (χ1n) is 6.43. The highest BCUT2D eigenvalue weighted by atomic mass is 16.5. The number of rotatable bonds is 4. The van der Waals surface area contributed by atoms with Crippen LogP contribution in [0.2, 0.25) is 0 Å². The third-order valence-corrected chi connectivity index (χ3v) is 4.50. The van der Waals surface area contributed by atoms with Gasteiger partial charge in [-0.1, -0.05) is 0 Å². The average molecular weight is 259 g/mol. The lowest BCUT2D eigenvalue weighted by Crippen LogP contribution is -2.53. The number of ether oxygens (including phenoxy) is 3. The van der Waals surface area contributed by atoms with Gasteiger partial charge in [0.2, 0.25) is 0 Å². The number of methoxy groups -OCH3 is 2. The molecule has 19 heavy (non-hydrogen) atoms. The lowest BCUT2D eigenvalue weighted by atomic mass is 9.66. The number of hydrogen-bond acceptors (Lipinski definition) is 4. The lowest BCUT2D eigenvalue weighted by molar-refractivity contribution is -0.0876. The summed E-state index contributed by atoms with van der Waals surface area (Å²) in [6.07, 6.45) is 1.88.